The summed E-state index contributed by atoms with van der Waals surface area (Å²) in [6, 6.07) is 5.35. The van der Waals surface area contributed by atoms with Crippen LogP contribution in [0.4, 0.5) is 17.6 Å². The van der Waals surface area contributed by atoms with Crippen molar-refractivity contribution in [3.63, 3.8) is 0 Å². The van der Waals surface area contributed by atoms with Gasteiger partial charge in [-0.15, -0.1) is 0 Å². The van der Waals surface area contributed by atoms with Crippen LogP contribution in [0.15, 0.2) is 36.5 Å². The van der Waals surface area contributed by atoms with Crippen LogP contribution in [0, 0.1) is 11.7 Å². The highest BCUT2D eigenvalue weighted by molar-refractivity contribution is 5.92. The molecule has 0 aliphatic carbocycles. The number of aromatic nitrogens is 1. The summed E-state index contributed by atoms with van der Waals surface area (Å²) in [5, 5.41) is 2.80. The molecule has 1 unspecified atom stereocenters. The van der Waals surface area contributed by atoms with Crippen LogP contribution < -0.4 is 10.1 Å². The third-order valence-electron chi connectivity index (χ3n) is 4.22. The summed E-state index contributed by atoms with van der Waals surface area (Å²) in [5.41, 5.74) is -0.0734. The number of benzene rings is 1. The zero-order chi connectivity index (χ0) is 20.7. The summed E-state index contributed by atoms with van der Waals surface area (Å²) < 4.78 is 56.7. The predicted octanol–water partition coefficient (Wildman–Crippen LogP) is 4.64. The molecular formula is C20H22F4N2O2. The molecule has 2 rings (SSSR count). The summed E-state index contributed by atoms with van der Waals surface area (Å²) in [5.74, 6) is -1.09. The van der Waals surface area contributed by atoms with Gasteiger partial charge in [0.2, 0.25) is 0 Å². The van der Waals surface area contributed by atoms with E-state index in [-0.39, 0.29) is 24.0 Å². The number of ether oxygens (including phenoxy) is 1. The molecule has 0 saturated carbocycles. The maximum atomic E-state index is 13.3. The molecule has 1 amide bonds. The van der Waals surface area contributed by atoms with Crippen LogP contribution in [-0.2, 0) is 12.6 Å². The van der Waals surface area contributed by atoms with Crippen LogP contribution in [0.1, 0.15) is 41.9 Å². The summed E-state index contributed by atoms with van der Waals surface area (Å²) in [6.07, 6.45) is -1.83. The quantitative estimate of drug-likeness (QED) is 0.660. The molecule has 0 spiro atoms. The molecule has 0 aliphatic rings. The summed E-state index contributed by atoms with van der Waals surface area (Å²) in [7, 11) is 0. The van der Waals surface area contributed by atoms with Crippen LogP contribution in [-0.4, -0.2) is 24.0 Å². The van der Waals surface area contributed by atoms with Crippen LogP contribution in [0.25, 0.3) is 0 Å². The average Bonchev–Trinajstić information content (AvgIpc) is 2.65. The second-order valence-corrected chi connectivity index (χ2v) is 6.55. The van der Waals surface area contributed by atoms with E-state index in [9.17, 15) is 22.4 Å². The molecule has 1 aromatic carbocycles. The third kappa shape index (κ3) is 6.51. The SMILES string of the molecule is CCC(C)CNC(=O)c1ccc(CCOc2cc(F)cc(C(F)(F)F)c2)cn1. The van der Waals surface area contributed by atoms with Gasteiger partial charge in [-0.05, 0) is 29.7 Å². The number of hydrogen-bond donors (Lipinski definition) is 1. The van der Waals surface area contributed by atoms with Gasteiger partial charge in [-0.2, -0.15) is 13.2 Å². The Hall–Kier alpha value is -2.64. The Bertz CT molecular complexity index is 792. The minimum atomic E-state index is -4.64. The number of halogens is 4. The first-order valence-electron chi connectivity index (χ1n) is 8.92. The Morgan fingerprint density at radius 2 is 2.00 bits per heavy atom. The van der Waals surface area contributed by atoms with Crippen molar-refractivity contribution in [3.8, 4) is 5.75 Å². The molecule has 4 nitrogen and oxygen atoms in total. The van der Waals surface area contributed by atoms with E-state index in [4.69, 9.17) is 4.74 Å². The lowest BCUT2D eigenvalue weighted by Gasteiger charge is -2.11. The zero-order valence-corrected chi connectivity index (χ0v) is 15.6. The van der Waals surface area contributed by atoms with Crippen LogP contribution >= 0.6 is 0 Å². The zero-order valence-electron chi connectivity index (χ0n) is 15.6. The fourth-order valence-electron chi connectivity index (χ4n) is 2.30. The first-order chi connectivity index (χ1) is 13.2. The summed E-state index contributed by atoms with van der Waals surface area (Å²) in [4.78, 5) is 16.1. The minimum absolute atomic E-state index is 0.0436. The van der Waals surface area contributed by atoms with Gasteiger partial charge >= 0.3 is 6.18 Å². The molecule has 1 aromatic heterocycles. The predicted molar refractivity (Wildman–Crippen MR) is 96.6 cm³/mol. The highest BCUT2D eigenvalue weighted by atomic mass is 19.4. The van der Waals surface area contributed by atoms with Gasteiger partial charge in [-0.3, -0.25) is 9.78 Å². The number of pyridine rings is 1. The average molecular weight is 398 g/mol. The fourth-order valence-corrected chi connectivity index (χ4v) is 2.30. The Balaban J connectivity index is 1.89. The van der Waals surface area contributed by atoms with Gasteiger partial charge in [0.1, 0.15) is 17.3 Å². The maximum absolute atomic E-state index is 13.3. The number of rotatable bonds is 8. The number of nitrogens with zero attached hydrogens (tertiary/aromatic N) is 1. The standard InChI is InChI=1S/C20H22F4N2O2/c1-3-13(2)11-26-19(27)18-5-4-14(12-25-18)6-7-28-17-9-15(20(22,23)24)8-16(21)10-17/h4-5,8-10,12-13H,3,6-7,11H2,1-2H3,(H,26,27). The minimum Gasteiger partial charge on any atom is -0.493 e. The smallest absolute Gasteiger partial charge is 0.416 e. The van der Waals surface area contributed by atoms with E-state index in [1.165, 1.54) is 6.20 Å². The number of nitrogens with one attached hydrogen (secondary N) is 1. The van der Waals surface area contributed by atoms with Gasteiger partial charge in [0.15, 0.2) is 0 Å². The lowest BCUT2D eigenvalue weighted by atomic mass is 10.1. The van der Waals surface area contributed by atoms with Gasteiger partial charge in [-0.1, -0.05) is 26.3 Å². The molecule has 0 bridgehead atoms. The first-order valence-corrected chi connectivity index (χ1v) is 8.92. The Labute approximate surface area is 160 Å². The first kappa shape index (κ1) is 21.7. The Morgan fingerprint density at radius 1 is 1.25 bits per heavy atom. The van der Waals surface area contributed by atoms with Crippen molar-refractivity contribution >= 4 is 5.91 Å². The number of hydrogen-bond acceptors (Lipinski definition) is 3. The maximum Gasteiger partial charge on any atom is 0.416 e. The molecule has 8 heteroatoms. The van der Waals surface area contributed by atoms with E-state index in [0.29, 0.717) is 24.9 Å². The van der Waals surface area contributed by atoms with Crippen molar-refractivity contribution in [2.24, 2.45) is 5.92 Å². The topological polar surface area (TPSA) is 51.2 Å². The van der Waals surface area contributed by atoms with E-state index >= 15 is 0 Å². The third-order valence-corrected chi connectivity index (χ3v) is 4.22. The number of alkyl halides is 3. The van der Waals surface area contributed by atoms with Crippen molar-refractivity contribution in [1.82, 2.24) is 10.3 Å². The highest BCUT2D eigenvalue weighted by Crippen LogP contribution is 2.32. The van der Waals surface area contributed by atoms with E-state index in [2.05, 4.69) is 10.3 Å². The summed E-state index contributed by atoms with van der Waals surface area (Å²) >= 11 is 0. The molecule has 0 aliphatic heterocycles. The molecule has 28 heavy (non-hydrogen) atoms. The number of carbonyl (C=O) groups excluding carboxylic acids is 1. The van der Waals surface area contributed by atoms with Crippen LogP contribution in [0.3, 0.4) is 0 Å². The molecule has 1 heterocycles. The lowest BCUT2D eigenvalue weighted by molar-refractivity contribution is -0.137. The number of carbonyl (C=O) groups is 1. The monoisotopic (exact) mass is 398 g/mol. The van der Waals surface area contributed by atoms with Gasteiger partial charge < -0.3 is 10.1 Å². The fraction of sp³-hybridized carbons (Fsp3) is 0.400. The van der Waals surface area contributed by atoms with Crippen molar-refractivity contribution in [1.29, 1.82) is 0 Å². The van der Waals surface area contributed by atoms with Gasteiger partial charge in [0, 0.05) is 25.2 Å². The molecular weight excluding hydrogens is 376 g/mol. The van der Waals surface area contributed by atoms with Gasteiger partial charge in [0.05, 0.1) is 12.2 Å². The van der Waals surface area contributed by atoms with Gasteiger partial charge in [-0.25, -0.2) is 4.39 Å². The molecule has 1 atom stereocenters. The van der Waals surface area contributed by atoms with Crippen molar-refractivity contribution < 1.29 is 27.1 Å². The largest absolute Gasteiger partial charge is 0.493 e. The van der Waals surface area contributed by atoms with Crippen LogP contribution in [0.5, 0.6) is 5.75 Å². The molecule has 0 fully saturated rings. The molecule has 2 aromatic rings. The van der Waals surface area contributed by atoms with E-state index in [1.54, 1.807) is 12.1 Å². The summed E-state index contributed by atoms with van der Waals surface area (Å²) in [6.45, 7) is 4.69. The van der Waals surface area contributed by atoms with E-state index in [1.807, 2.05) is 13.8 Å². The van der Waals surface area contributed by atoms with Crippen LogP contribution in [0.2, 0.25) is 0 Å². The Kier molecular flexibility index (Phi) is 7.37. The van der Waals surface area contributed by atoms with E-state index < -0.39 is 17.6 Å². The van der Waals surface area contributed by atoms with E-state index in [0.717, 1.165) is 24.1 Å². The molecule has 152 valence electrons. The van der Waals surface area contributed by atoms with Crippen molar-refractivity contribution in [3.05, 3.63) is 59.2 Å². The number of amides is 1. The lowest BCUT2D eigenvalue weighted by Crippen LogP contribution is -2.28. The Morgan fingerprint density at radius 3 is 2.61 bits per heavy atom. The second-order valence-electron chi connectivity index (χ2n) is 6.55. The van der Waals surface area contributed by atoms with Gasteiger partial charge in [0.25, 0.3) is 5.91 Å². The second kappa shape index (κ2) is 9.52. The molecule has 0 radical (unpaired) electrons. The highest BCUT2D eigenvalue weighted by Gasteiger charge is 2.31. The van der Waals surface area contributed by atoms with Crippen molar-refractivity contribution in [2.45, 2.75) is 32.9 Å². The molecule has 1 N–H and O–H groups in total. The molecule has 0 saturated heterocycles. The normalized spacial score (nSPS) is 12.5. The van der Waals surface area contributed by atoms with Crippen molar-refractivity contribution in [2.75, 3.05) is 13.2 Å².